The Morgan fingerprint density at radius 1 is 0.979 bits per heavy atom. The number of ether oxygens (including phenoxy) is 1. The summed E-state index contributed by atoms with van der Waals surface area (Å²) >= 11 is 0. The maximum absolute atomic E-state index is 15.6. The topological polar surface area (TPSA) is 125 Å². The Kier molecular flexibility index (Phi) is 9.17. The molecular weight excluding hydrogens is 626 g/mol. The summed E-state index contributed by atoms with van der Waals surface area (Å²) in [7, 11) is 5.93. The zero-order valence-corrected chi connectivity index (χ0v) is 25.6. The summed E-state index contributed by atoms with van der Waals surface area (Å²) in [6, 6.07) is 14.2. The van der Waals surface area contributed by atoms with Gasteiger partial charge in [-0.3, -0.25) is 14.2 Å². The Morgan fingerprint density at radius 2 is 1.68 bits per heavy atom. The van der Waals surface area contributed by atoms with Crippen molar-refractivity contribution in [3.8, 4) is 17.1 Å². The summed E-state index contributed by atoms with van der Waals surface area (Å²) in [6.07, 6.45) is -4.75. The largest absolute Gasteiger partial charge is 0.494 e. The molecule has 0 aliphatic carbocycles. The van der Waals surface area contributed by atoms with Crippen LogP contribution in [-0.2, 0) is 24.1 Å². The molecule has 2 N–H and O–H groups in total. The van der Waals surface area contributed by atoms with Gasteiger partial charge in [0.25, 0.3) is 5.56 Å². The highest BCUT2D eigenvalue weighted by Gasteiger charge is 2.34. The molecule has 0 unspecified atom stereocenters. The molecule has 0 spiro atoms. The molecule has 5 rings (SSSR count). The second-order valence-electron chi connectivity index (χ2n) is 10.6. The zero-order chi connectivity index (χ0) is 34.0. The molecule has 0 saturated carbocycles. The molecule has 0 saturated heterocycles. The number of fused-ring (bicyclic) bond motifs is 1. The molecule has 246 valence electrons. The SMILES string of the molecule is CONC(=O)Nc1ccc(-n2nc3c(c2CN(C)C)c(=O)n(-c2cccc(OC)c2F)c(=O)n3Cc2ccccc2C(F)(F)F)cc1. The van der Waals surface area contributed by atoms with Crippen LogP contribution in [0.3, 0.4) is 0 Å². The predicted octanol–water partition coefficient (Wildman–Crippen LogP) is 4.30. The number of hydrogen-bond acceptors (Lipinski definition) is 7. The molecule has 16 heteroatoms. The first-order chi connectivity index (χ1) is 22.3. The van der Waals surface area contributed by atoms with E-state index in [4.69, 9.17) is 4.74 Å². The fourth-order valence-corrected chi connectivity index (χ4v) is 5.14. The summed E-state index contributed by atoms with van der Waals surface area (Å²) in [5, 5.41) is 7.01. The quantitative estimate of drug-likeness (QED) is 0.179. The maximum Gasteiger partial charge on any atom is 0.416 e. The van der Waals surface area contributed by atoms with Gasteiger partial charge in [0.2, 0.25) is 0 Å². The minimum atomic E-state index is -4.75. The molecule has 47 heavy (non-hydrogen) atoms. The first kappa shape index (κ1) is 32.9. The molecule has 0 atom stereocenters. The van der Waals surface area contributed by atoms with Gasteiger partial charge in [0.1, 0.15) is 5.39 Å². The number of hydrogen-bond donors (Lipinski definition) is 2. The van der Waals surface area contributed by atoms with E-state index in [0.717, 1.165) is 10.6 Å². The van der Waals surface area contributed by atoms with E-state index in [2.05, 4.69) is 20.7 Å². The average Bonchev–Trinajstić information content (AvgIpc) is 3.38. The molecule has 0 fully saturated rings. The Labute approximate surface area is 264 Å². The summed E-state index contributed by atoms with van der Waals surface area (Å²) in [6.45, 7) is -0.563. The number of nitrogens with zero attached hydrogens (tertiary/aromatic N) is 5. The number of aromatic nitrogens is 4. The highest BCUT2D eigenvalue weighted by atomic mass is 19.4. The molecule has 2 amide bonds. The summed E-state index contributed by atoms with van der Waals surface area (Å²) in [4.78, 5) is 46.5. The molecule has 0 radical (unpaired) electrons. The number of nitrogens with one attached hydrogen (secondary N) is 2. The van der Waals surface area contributed by atoms with E-state index in [0.29, 0.717) is 15.9 Å². The Morgan fingerprint density at radius 3 is 2.32 bits per heavy atom. The van der Waals surface area contributed by atoms with Crippen LogP contribution in [0, 0.1) is 5.82 Å². The second kappa shape index (κ2) is 13.1. The highest BCUT2D eigenvalue weighted by molar-refractivity contribution is 5.88. The summed E-state index contributed by atoms with van der Waals surface area (Å²) < 4.78 is 65.6. The first-order valence-corrected chi connectivity index (χ1v) is 14.0. The van der Waals surface area contributed by atoms with Crippen molar-refractivity contribution in [2.45, 2.75) is 19.3 Å². The minimum absolute atomic E-state index is 0.0833. The third-order valence-corrected chi connectivity index (χ3v) is 7.14. The lowest BCUT2D eigenvalue weighted by molar-refractivity contribution is -0.138. The number of alkyl halides is 3. The number of rotatable bonds is 9. The third-order valence-electron chi connectivity index (χ3n) is 7.14. The van der Waals surface area contributed by atoms with Crippen LogP contribution in [0.15, 0.2) is 76.3 Å². The number of halogens is 4. The van der Waals surface area contributed by atoms with Gasteiger partial charge in [-0.2, -0.15) is 13.2 Å². The second-order valence-corrected chi connectivity index (χ2v) is 10.6. The number of methoxy groups -OCH3 is 1. The number of hydroxylamine groups is 1. The van der Waals surface area contributed by atoms with Crippen molar-refractivity contribution in [1.29, 1.82) is 0 Å². The van der Waals surface area contributed by atoms with Crippen LogP contribution in [-0.4, -0.2) is 58.2 Å². The fourth-order valence-electron chi connectivity index (χ4n) is 5.14. The summed E-state index contributed by atoms with van der Waals surface area (Å²) in [5.74, 6) is -1.27. The van der Waals surface area contributed by atoms with E-state index in [1.54, 1.807) is 43.3 Å². The number of anilines is 1. The number of carbonyl (C=O) groups is 1. The predicted molar refractivity (Wildman–Crippen MR) is 165 cm³/mol. The summed E-state index contributed by atoms with van der Waals surface area (Å²) in [5.41, 5.74) is -0.810. The Balaban J connectivity index is 1.83. The van der Waals surface area contributed by atoms with E-state index >= 15 is 4.39 Å². The van der Waals surface area contributed by atoms with Crippen molar-refractivity contribution >= 4 is 22.8 Å². The molecule has 2 aromatic heterocycles. The lowest BCUT2D eigenvalue weighted by atomic mass is 10.1. The van der Waals surface area contributed by atoms with Gasteiger partial charge in [0, 0.05) is 12.2 Å². The number of urea groups is 1. The normalized spacial score (nSPS) is 11.7. The van der Waals surface area contributed by atoms with Crippen molar-refractivity contribution in [3.63, 3.8) is 0 Å². The minimum Gasteiger partial charge on any atom is -0.494 e. The van der Waals surface area contributed by atoms with Crippen LogP contribution in [0.25, 0.3) is 22.4 Å². The number of amides is 2. The van der Waals surface area contributed by atoms with Gasteiger partial charge in [0.05, 0.1) is 43.4 Å². The van der Waals surface area contributed by atoms with E-state index in [-0.39, 0.29) is 34.6 Å². The zero-order valence-electron chi connectivity index (χ0n) is 25.6. The van der Waals surface area contributed by atoms with Crippen LogP contribution in [0.2, 0.25) is 0 Å². The van der Waals surface area contributed by atoms with Crippen LogP contribution in [0.5, 0.6) is 5.75 Å². The van der Waals surface area contributed by atoms with Crippen LogP contribution < -0.4 is 26.8 Å². The highest BCUT2D eigenvalue weighted by Crippen LogP contribution is 2.33. The molecule has 0 aliphatic heterocycles. The molecule has 2 heterocycles. The van der Waals surface area contributed by atoms with Crippen molar-refractivity contribution < 1.29 is 31.9 Å². The lowest BCUT2D eigenvalue weighted by Gasteiger charge is -2.16. The maximum atomic E-state index is 15.6. The van der Waals surface area contributed by atoms with Crippen LogP contribution >= 0.6 is 0 Å². The molecule has 5 aromatic rings. The fraction of sp³-hybridized carbons (Fsp3) is 0.226. The monoisotopic (exact) mass is 655 g/mol. The molecule has 0 aliphatic rings. The van der Waals surface area contributed by atoms with E-state index in [1.807, 2.05) is 0 Å². The van der Waals surface area contributed by atoms with Crippen molar-refractivity contribution in [2.75, 3.05) is 33.6 Å². The van der Waals surface area contributed by atoms with Gasteiger partial charge in [-0.05, 0) is 62.1 Å². The molecule has 3 aromatic carbocycles. The van der Waals surface area contributed by atoms with E-state index in [9.17, 15) is 27.6 Å². The Hall–Kier alpha value is -5.48. The van der Waals surface area contributed by atoms with Gasteiger partial charge in [0.15, 0.2) is 17.2 Å². The molecule has 12 nitrogen and oxygen atoms in total. The first-order valence-electron chi connectivity index (χ1n) is 14.0. The molecular formula is C31H29F4N7O5. The number of benzene rings is 3. The van der Waals surface area contributed by atoms with Gasteiger partial charge in [-0.15, -0.1) is 5.10 Å². The van der Waals surface area contributed by atoms with E-state index in [1.165, 1.54) is 55.3 Å². The van der Waals surface area contributed by atoms with Crippen molar-refractivity contribution in [3.05, 3.63) is 110 Å². The van der Waals surface area contributed by atoms with Crippen LogP contribution in [0.4, 0.5) is 28.0 Å². The lowest BCUT2D eigenvalue weighted by Crippen LogP contribution is -2.40. The smallest absolute Gasteiger partial charge is 0.416 e. The third kappa shape index (κ3) is 6.45. The number of carbonyl (C=O) groups excluding carboxylic acids is 1. The standard InChI is InChI=1S/C31H29F4N7O5/c1-39(2)17-23-25-27(37-42(23)20-14-12-19(13-15-20)36-29(44)38-47-4)40(16-18-8-5-6-9-21(18)31(33,34)35)30(45)41(28(25)43)22-10-7-11-24(46-3)26(22)32/h5-15H,16-17H2,1-4H3,(H2,36,38,44). The van der Waals surface area contributed by atoms with Gasteiger partial charge in [-0.1, -0.05) is 24.3 Å². The van der Waals surface area contributed by atoms with Gasteiger partial charge >= 0.3 is 17.9 Å². The van der Waals surface area contributed by atoms with E-state index < -0.39 is 47.1 Å². The van der Waals surface area contributed by atoms with Gasteiger partial charge < -0.3 is 15.0 Å². The van der Waals surface area contributed by atoms with Gasteiger partial charge in [-0.25, -0.2) is 28.7 Å². The Bertz CT molecular complexity index is 2070. The van der Waals surface area contributed by atoms with Crippen molar-refractivity contribution in [2.24, 2.45) is 0 Å². The molecule has 0 bridgehead atoms. The van der Waals surface area contributed by atoms with Crippen LogP contribution in [0.1, 0.15) is 16.8 Å². The average molecular weight is 656 g/mol. The van der Waals surface area contributed by atoms with Crippen molar-refractivity contribution in [1.82, 2.24) is 29.3 Å².